The van der Waals surface area contributed by atoms with Gasteiger partial charge in [-0.3, -0.25) is 9.59 Å². The third-order valence-electron chi connectivity index (χ3n) is 8.54. The Kier molecular flexibility index (Phi) is 1.93. The SMILES string of the molecule is C=C1CCC[C@]2(C)[C@@H]1CC[C@@]13C(=O)C4[C@H](C[C@H]12)[C@]4(C)C3=O. The third kappa shape index (κ3) is 1.01. The minimum absolute atomic E-state index is 0.0909. The summed E-state index contributed by atoms with van der Waals surface area (Å²) in [4.78, 5) is 26.2. The minimum atomic E-state index is -0.586. The summed E-state index contributed by atoms with van der Waals surface area (Å²) < 4.78 is 0. The molecule has 0 aromatic heterocycles. The van der Waals surface area contributed by atoms with Crippen LogP contribution in [0, 0.1) is 39.9 Å². The fourth-order valence-corrected chi connectivity index (χ4v) is 7.48. The van der Waals surface area contributed by atoms with Gasteiger partial charge in [0.25, 0.3) is 0 Å². The highest BCUT2D eigenvalue weighted by Gasteiger charge is 2.87. The Balaban J connectivity index is 1.67. The van der Waals surface area contributed by atoms with Gasteiger partial charge in [-0.15, -0.1) is 0 Å². The van der Waals surface area contributed by atoms with Gasteiger partial charge in [0.2, 0.25) is 0 Å². The summed E-state index contributed by atoms with van der Waals surface area (Å²) in [6.45, 7) is 8.77. The summed E-state index contributed by atoms with van der Waals surface area (Å²) in [7, 11) is 0. The van der Waals surface area contributed by atoms with E-state index in [1.807, 2.05) is 0 Å². The Hall–Kier alpha value is -0.920. The van der Waals surface area contributed by atoms with Gasteiger partial charge in [0.1, 0.15) is 0 Å². The van der Waals surface area contributed by atoms with Crippen LogP contribution in [-0.2, 0) is 9.59 Å². The first kappa shape index (κ1) is 12.6. The summed E-state index contributed by atoms with van der Waals surface area (Å²) in [5.74, 6) is 1.99. The lowest BCUT2D eigenvalue weighted by Crippen LogP contribution is -2.60. The molecule has 21 heavy (non-hydrogen) atoms. The molecule has 0 amide bonds. The van der Waals surface area contributed by atoms with Gasteiger partial charge in [-0.1, -0.05) is 26.0 Å². The fourth-order valence-electron chi connectivity index (χ4n) is 7.48. The van der Waals surface area contributed by atoms with Gasteiger partial charge in [0.05, 0.1) is 5.41 Å². The van der Waals surface area contributed by atoms with Crippen molar-refractivity contribution in [1.29, 1.82) is 0 Å². The maximum absolute atomic E-state index is 13.2. The molecule has 0 radical (unpaired) electrons. The van der Waals surface area contributed by atoms with Gasteiger partial charge in [0, 0.05) is 11.3 Å². The second-order valence-electron chi connectivity index (χ2n) is 8.93. The molecule has 0 N–H and O–H groups in total. The zero-order chi connectivity index (χ0) is 14.8. The Morgan fingerprint density at radius 1 is 1.19 bits per heavy atom. The molecule has 112 valence electrons. The number of hydrogen-bond donors (Lipinski definition) is 0. The molecule has 6 fully saturated rings. The molecule has 4 bridgehead atoms. The van der Waals surface area contributed by atoms with E-state index in [-0.39, 0.29) is 16.7 Å². The summed E-state index contributed by atoms with van der Waals surface area (Å²) in [6, 6.07) is 0. The van der Waals surface area contributed by atoms with Crippen molar-refractivity contribution in [3.05, 3.63) is 12.2 Å². The second kappa shape index (κ2) is 3.21. The van der Waals surface area contributed by atoms with Crippen molar-refractivity contribution in [3.8, 4) is 0 Å². The van der Waals surface area contributed by atoms with Crippen LogP contribution in [0.3, 0.4) is 0 Å². The highest BCUT2D eigenvalue weighted by Crippen LogP contribution is 2.81. The normalized spacial score (nSPS) is 60.6. The number of rotatable bonds is 0. The number of carbonyl (C=O) groups is 2. The molecule has 0 aromatic rings. The lowest BCUT2D eigenvalue weighted by molar-refractivity contribution is -0.166. The molecule has 6 aliphatic rings. The summed E-state index contributed by atoms with van der Waals surface area (Å²) in [5, 5.41) is 0. The van der Waals surface area contributed by atoms with Crippen LogP contribution in [0.15, 0.2) is 12.2 Å². The highest BCUT2D eigenvalue weighted by molar-refractivity contribution is 6.22. The van der Waals surface area contributed by atoms with Crippen molar-refractivity contribution in [3.63, 3.8) is 0 Å². The number of ketones is 2. The molecule has 6 saturated carbocycles. The van der Waals surface area contributed by atoms with E-state index in [2.05, 4.69) is 20.4 Å². The molecule has 7 atom stereocenters. The maximum atomic E-state index is 13.2. The van der Waals surface area contributed by atoms with E-state index in [1.165, 1.54) is 18.4 Å². The zero-order valence-electron chi connectivity index (χ0n) is 13.1. The van der Waals surface area contributed by atoms with Crippen molar-refractivity contribution >= 4 is 11.6 Å². The average molecular weight is 284 g/mol. The van der Waals surface area contributed by atoms with E-state index in [4.69, 9.17) is 0 Å². The molecule has 2 heteroatoms. The lowest BCUT2D eigenvalue weighted by Gasteiger charge is -2.60. The smallest absolute Gasteiger partial charge is 0.153 e. The van der Waals surface area contributed by atoms with Gasteiger partial charge < -0.3 is 0 Å². The topological polar surface area (TPSA) is 34.1 Å². The summed E-state index contributed by atoms with van der Waals surface area (Å²) in [6.07, 6.45) is 6.46. The summed E-state index contributed by atoms with van der Waals surface area (Å²) in [5.41, 5.74) is 0.686. The Labute approximate surface area is 126 Å². The van der Waals surface area contributed by atoms with Gasteiger partial charge in [-0.25, -0.2) is 0 Å². The van der Waals surface area contributed by atoms with Crippen LogP contribution in [0.5, 0.6) is 0 Å². The van der Waals surface area contributed by atoms with Crippen LogP contribution < -0.4 is 0 Å². The average Bonchev–Trinajstić information content (AvgIpc) is 3.02. The van der Waals surface area contributed by atoms with E-state index in [1.54, 1.807) is 0 Å². The molecule has 0 aliphatic heterocycles. The number of carbonyl (C=O) groups excluding carboxylic acids is 2. The Morgan fingerprint density at radius 2 is 1.95 bits per heavy atom. The molecular weight excluding hydrogens is 260 g/mol. The second-order valence-corrected chi connectivity index (χ2v) is 8.93. The highest BCUT2D eigenvalue weighted by atomic mass is 16.2. The predicted molar refractivity (Wildman–Crippen MR) is 79.5 cm³/mol. The van der Waals surface area contributed by atoms with Crippen LogP contribution in [0.25, 0.3) is 0 Å². The Bertz CT molecular complexity index is 619. The summed E-state index contributed by atoms with van der Waals surface area (Å²) >= 11 is 0. The number of fused-ring (bicyclic) bond motifs is 1. The van der Waals surface area contributed by atoms with Crippen LogP contribution >= 0.6 is 0 Å². The molecule has 1 spiro atoms. The molecule has 0 heterocycles. The van der Waals surface area contributed by atoms with Gasteiger partial charge in [0.15, 0.2) is 11.6 Å². The van der Waals surface area contributed by atoms with E-state index >= 15 is 0 Å². The first-order valence-electron chi connectivity index (χ1n) is 8.65. The quantitative estimate of drug-likeness (QED) is 0.503. The van der Waals surface area contributed by atoms with Crippen molar-refractivity contribution in [2.24, 2.45) is 39.9 Å². The molecule has 0 saturated heterocycles. The number of Topliss-reactive ketones (excluding diaryl/α,β-unsaturated/α-hetero) is 2. The maximum Gasteiger partial charge on any atom is 0.153 e. The predicted octanol–water partition coefficient (Wildman–Crippen LogP) is 3.55. The first-order valence-corrected chi connectivity index (χ1v) is 8.65. The van der Waals surface area contributed by atoms with Crippen LogP contribution in [0.2, 0.25) is 0 Å². The number of allylic oxidation sites excluding steroid dienone is 1. The monoisotopic (exact) mass is 284 g/mol. The fraction of sp³-hybridized carbons (Fsp3) is 0.789. The van der Waals surface area contributed by atoms with Crippen LogP contribution in [-0.4, -0.2) is 11.6 Å². The van der Waals surface area contributed by atoms with Crippen molar-refractivity contribution < 1.29 is 9.59 Å². The van der Waals surface area contributed by atoms with Gasteiger partial charge in [-0.2, -0.15) is 0 Å². The van der Waals surface area contributed by atoms with Crippen molar-refractivity contribution in [1.82, 2.24) is 0 Å². The largest absolute Gasteiger partial charge is 0.298 e. The standard InChI is InChI=1S/C19H24O2/c1-10-5-4-7-17(2)11(10)6-8-19-13(17)9-12-14(15(19)20)18(12,3)16(19)21/h11-14H,1,4-9H2,2-3H3/t11-,12+,13+,14?,17-,18+,19+/m1/s1. The van der Waals surface area contributed by atoms with E-state index in [9.17, 15) is 9.59 Å². The van der Waals surface area contributed by atoms with Crippen LogP contribution in [0.4, 0.5) is 0 Å². The van der Waals surface area contributed by atoms with E-state index < -0.39 is 5.41 Å². The molecule has 1 unspecified atom stereocenters. The third-order valence-corrected chi connectivity index (χ3v) is 8.54. The molecule has 0 aromatic carbocycles. The first-order chi connectivity index (χ1) is 9.88. The molecule has 6 rings (SSSR count). The molecule has 2 nitrogen and oxygen atoms in total. The number of hydrogen-bond acceptors (Lipinski definition) is 2. The lowest BCUT2D eigenvalue weighted by atomic mass is 9.42. The van der Waals surface area contributed by atoms with Crippen LogP contribution in [0.1, 0.15) is 52.4 Å². The van der Waals surface area contributed by atoms with E-state index in [0.717, 1.165) is 25.7 Å². The Morgan fingerprint density at radius 3 is 2.62 bits per heavy atom. The molecular formula is C19H24O2. The van der Waals surface area contributed by atoms with Gasteiger partial charge >= 0.3 is 0 Å². The minimum Gasteiger partial charge on any atom is -0.298 e. The van der Waals surface area contributed by atoms with Crippen molar-refractivity contribution in [2.75, 3.05) is 0 Å². The van der Waals surface area contributed by atoms with E-state index in [0.29, 0.717) is 29.3 Å². The zero-order valence-corrected chi connectivity index (χ0v) is 13.1. The van der Waals surface area contributed by atoms with Gasteiger partial charge in [-0.05, 0) is 61.7 Å². The van der Waals surface area contributed by atoms with Crippen molar-refractivity contribution in [2.45, 2.75) is 52.4 Å². The molecule has 6 aliphatic carbocycles.